The molecule has 0 bridgehead atoms. The number of primary amides is 1. The summed E-state index contributed by atoms with van der Waals surface area (Å²) < 4.78 is 1.66. The fourth-order valence-electron chi connectivity index (χ4n) is 2.99. The number of thiophene rings is 1. The lowest BCUT2D eigenvalue weighted by molar-refractivity contribution is -0.117. The molecule has 124 valence electrons. The van der Waals surface area contributed by atoms with Gasteiger partial charge in [0.25, 0.3) is 5.56 Å². The SMILES string of the molecule is CCn1c(S[C@@H](C)C(N)=O)nc2sc3c(c2c1=O)CC[C@@H](C)C3. The molecule has 0 radical (unpaired) electrons. The smallest absolute Gasteiger partial charge is 0.263 e. The highest BCUT2D eigenvalue weighted by atomic mass is 32.2. The van der Waals surface area contributed by atoms with E-state index in [4.69, 9.17) is 10.7 Å². The molecular formula is C16H21N3O2S2. The normalized spacial score (nSPS) is 18.8. The van der Waals surface area contributed by atoms with Crippen molar-refractivity contribution in [3.05, 3.63) is 20.8 Å². The highest BCUT2D eigenvalue weighted by Gasteiger charge is 2.25. The van der Waals surface area contributed by atoms with Gasteiger partial charge in [-0.1, -0.05) is 18.7 Å². The molecule has 0 saturated carbocycles. The molecule has 0 spiro atoms. The number of carbonyl (C=O) groups excluding carboxylic acids is 1. The Morgan fingerprint density at radius 2 is 2.30 bits per heavy atom. The first kappa shape index (κ1) is 16.5. The first-order valence-electron chi connectivity index (χ1n) is 7.93. The van der Waals surface area contributed by atoms with Crippen LogP contribution in [0, 0.1) is 5.92 Å². The predicted molar refractivity (Wildman–Crippen MR) is 95.3 cm³/mol. The maximum atomic E-state index is 12.9. The standard InChI is InChI=1S/C16H21N3O2S2/c1-4-19-15(21)12-10-6-5-8(2)7-11(10)23-14(12)18-16(19)22-9(3)13(17)20/h8-9H,4-7H2,1-3H3,(H2,17,20)/t8-,9+/m1/s1. The zero-order chi connectivity index (χ0) is 16.7. The van der Waals surface area contributed by atoms with Crippen LogP contribution in [0.3, 0.4) is 0 Å². The minimum atomic E-state index is -0.410. The molecule has 1 aliphatic rings. The maximum absolute atomic E-state index is 12.9. The molecule has 23 heavy (non-hydrogen) atoms. The van der Waals surface area contributed by atoms with E-state index in [1.54, 1.807) is 22.8 Å². The van der Waals surface area contributed by atoms with E-state index in [-0.39, 0.29) is 5.56 Å². The molecule has 2 atom stereocenters. The Bertz CT molecular complexity index is 825. The van der Waals surface area contributed by atoms with Gasteiger partial charge in [-0.2, -0.15) is 0 Å². The van der Waals surface area contributed by atoms with Crippen molar-refractivity contribution in [2.24, 2.45) is 11.7 Å². The Morgan fingerprint density at radius 3 is 2.96 bits per heavy atom. The Labute approximate surface area is 143 Å². The third kappa shape index (κ3) is 2.92. The molecule has 7 heteroatoms. The van der Waals surface area contributed by atoms with Crippen LogP contribution >= 0.6 is 23.1 Å². The van der Waals surface area contributed by atoms with E-state index >= 15 is 0 Å². The molecular weight excluding hydrogens is 330 g/mol. The van der Waals surface area contributed by atoms with Crippen LogP contribution in [0.15, 0.2) is 9.95 Å². The van der Waals surface area contributed by atoms with Gasteiger partial charge in [-0.3, -0.25) is 14.2 Å². The average molecular weight is 351 g/mol. The van der Waals surface area contributed by atoms with Crippen LogP contribution in [0.1, 0.15) is 37.6 Å². The van der Waals surface area contributed by atoms with E-state index < -0.39 is 11.2 Å². The number of fused-ring (bicyclic) bond motifs is 3. The molecule has 1 amide bonds. The van der Waals surface area contributed by atoms with Crippen LogP contribution < -0.4 is 11.3 Å². The average Bonchev–Trinajstić information content (AvgIpc) is 2.84. The summed E-state index contributed by atoms with van der Waals surface area (Å²) >= 11 is 2.89. The van der Waals surface area contributed by atoms with Gasteiger partial charge >= 0.3 is 0 Å². The summed E-state index contributed by atoms with van der Waals surface area (Å²) in [5.41, 5.74) is 6.56. The fraction of sp³-hybridized carbons (Fsp3) is 0.562. The first-order chi connectivity index (χ1) is 10.9. The predicted octanol–water partition coefficient (Wildman–Crippen LogP) is 2.57. The van der Waals surface area contributed by atoms with E-state index in [0.29, 0.717) is 17.6 Å². The number of rotatable bonds is 4. The molecule has 2 heterocycles. The quantitative estimate of drug-likeness (QED) is 0.678. The van der Waals surface area contributed by atoms with Gasteiger partial charge in [0.15, 0.2) is 5.16 Å². The number of aromatic nitrogens is 2. The van der Waals surface area contributed by atoms with E-state index in [0.717, 1.165) is 29.5 Å². The molecule has 0 aliphatic heterocycles. The molecule has 0 fully saturated rings. The van der Waals surface area contributed by atoms with Crippen LogP contribution in [-0.4, -0.2) is 20.7 Å². The first-order valence-corrected chi connectivity index (χ1v) is 9.63. The van der Waals surface area contributed by atoms with Crippen molar-refractivity contribution in [1.82, 2.24) is 9.55 Å². The summed E-state index contributed by atoms with van der Waals surface area (Å²) in [4.78, 5) is 31.1. The van der Waals surface area contributed by atoms with Gasteiger partial charge in [-0.05, 0) is 44.6 Å². The molecule has 2 aromatic rings. The van der Waals surface area contributed by atoms with Gasteiger partial charge in [0.05, 0.1) is 10.6 Å². The van der Waals surface area contributed by atoms with Gasteiger partial charge in [-0.25, -0.2) is 4.98 Å². The molecule has 1 aliphatic carbocycles. The van der Waals surface area contributed by atoms with Crippen LogP contribution in [0.4, 0.5) is 0 Å². The van der Waals surface area contributed by atoms with E-state index in [2.05, 4.69) is 6.92 Å². The minimum absolute atomic E-state index is 0.0173. The minimum Gasteiger partial charge on any atom is -0.369 e. The number of aryl methyl sites for hydroxylation is 1. The van der Waals surface area contributed by atoms with Crippen LogP contribution in [0.25, 0.3) is 10.2 Å². The molecule has 5 nitrogen and oxygen atoms in total. The largest absolute Gasteiger partial charge is 0.369 e. The summed E-state index contributed by atoms with van der Waals surface area (Å²) in [5.74, 6) is 0.263. The molecule has 0 saturated heterocycles. The fourth-order valence-corrected chi connectivity index (χ4v) is 5.34. The van der Waals surface area contributed by atoms with E-state index in [9.17, 15) is 9.59 Å². The number of hydrogen-bond acceptors (Lipinski definition) is 5. The Kier molecular flexibility index (Phi) is 4.51. The van der Waals surface area contributed by atoms with Crippen molar-refractivity contribution in [3.63, 3.8) is 0 Å². The number of nitrogens with zero attached hydrogens (tertiary/aromatic N) is 2. The second kappa shape index (κ2) is 6.28. The number of amides is 1. The summed E-state index contributed by atoms with van der Waals surface area (Å²) in [6.45, 7) is 6.46. The Hall–Kier alpha value is -1.34. The van der Waals surface area contributed by atoms with E-state index in [1.807, 2.05) is 6.92 Å². The van der Waals surface area contributed by atoms with Crippen LogP contribution in [0.5, 0.6) is 0 Å². The zero-order valence-corrected chi connectivity index (χ0v) is 15.2. The van der Waals surface area contributed by atoms with Gasteiger partial charge in [0, 0.05) is 11.4 Å². The number of nitrogens with two attached hydrogens (primary N) is 1. The summed E-state index contributed by atoms with van der Waals surface area (Å²) in [7, 11) is 0. The third-order valence-corrected chi connectivity index (χ3v) is 6.64. The topological polar surface area (TPSA) is 78.0 Å². The lowest BCUT2D eigenvalue weighted by atomic mass is 9.89. The zero-order valence-electron chi connectivity index (χ0n) is 13.6. The molecule has 2 aromatic heterocycles. The third-order valence-electron chi connectivity index (χ3n) is 4.38. The van der Waals surface area contributed by atoms with Crippen molar-refractivity contribution in [3.8, 4) is 0 Å². The molecule has 0 aromatic carbocycles. The maximum Gasteiger partial charge on any atom is 0.263 e. The lowest BCUT2D eigenvalue weighted by Crippen LogP contribution is -2.27. The highest BCUT2D eigenvalue weighted by Crippen LogP contribution is 2.36. The van der Waals surface area contributed by atoms with Crippen molar-refractivity contribution >= 4 is 39.2 Å². The molecule has 0 unspecified atom stereocenters. The Balaban J connectivity index is 2.16. The number of hydrogen-bond donors (Lipinski definition) is 1. The molecule has 3 rings (SSSR count). The lowest BCUT2D eigenvalue weighted by Gasteiger charge is -2.17. The summed E-state index contributed by atoms with van der Waals surface area (Å²) in [6, 6.07) is 0. The van der Waals surface area contributed by atoms with Crippen LogP contribution in [0.2, 0.25) is 0 Å². The summed E-state index contributed by atoms with van der Waals surface area (Å²) in [5, 5.41) is 0.963. The monoisotopic (exact) mass is 351 g/mol. The Morgan fingerprint density at radius 1 is 1.57 bits per heavy atom. The van der Waals surface area contributed by atoms with Gasteiger partial charge < -0.3 is 5.73 Å². The number of thioether (sulfide) groups is 1. The summed E-state index contributed by atoms with van der Waals surface area (Å²) in [6.07, 6.45) is 3.11. The van der Waals surface area contributed by atoms with Crippen molar-refractivity contribution in [1.29, 1.82) is 0 Å². The van der Waals surface area contributed by atoms with Gasteiger partial charge in [0.1, 0.15) is 4.83 Å². The van der Waals surface area contributed by atoms with Gasteiger partial charge in [-0.15, -0.1) is 11.3 Å². The second-order valence-corrected chi connectivity index (χ2v) is 8.53. The van der Waals surface area contributed by atoms with Crippen molar-refractivity contribution in [2.75, 3.05) is 0 Å². The highest BCUT2D eigenvalue weighted by molar-refractivity contribution is 8.00. The second-order valence-electron chi connectivity index (χ2n) is 6.14. The van der Waals surface area contributed by atoms with E-state index in [1.165, 1.54) is 22.2 Å². The van der Waals surface area contributed by atoms with Gasteiger partial charge in [0.2, 0.25) is 5.91 Å². The van der Waals surface area contributed by atoms with Crippen molar-refractivity contribution < 1.29 is 4.79 Å². The van der Waals surface area contributed by atoms with Crippen molar-refractivity contribution in [2.45, 2.75) is 57.0 Å². The van der Waals surface area contributed by atoms with Crippen LogP contribution in [-0.2, 0) is 24.2 Å². The number of carbonyl (C=O) groups is 1. The molecule has 2 N–H and O–H groups in total.